The minimum absolute atomic E-state index is 0.0987. The highest BCUT2D eigenvalue weighted by molar-refractivity contribution is 6.91. The maximum Gasteiger partial charge on any atom is 0.113 e. The third-order valence-corrected chi connectivity index (χ3v) is 20.2. The quantitative estimate of drug-likeness (QED) is 0.282. The van der Waals surface area contributed by atoms with E-state index in [-0.39, 0.29) is 11.0 Å². The van der Waals surface area contributed by atoms with E-state index in [0.717, 1.165) is 0 Å². The van der Waals surface area contributed by atoms with Gasteiger partial charge in [-0.15, -0.1) is 23.2 Å². The molecule has 0 bridgehead atoms. The first-order valence-corrected chi connectivity index (χ1v) is 22.8. The molecule has 0 N–H and O–H groups in total. The summed E-state index contributed by atoms with van der Waals surface area (Å²) in [5.41, 5.74) is -0.197. The summed E-state index contributed by atoms with van der Waals surface area (Å²) in [5.74, 6) is 0. The molecule has 0 rings (SSSR count). The molecular formula is C14H38Cl2N2Si4. The van der Waals surface area contributed by atoms with Gasteiger partial charge in [-0.25, -0.2) is 0 Å². The lowest BCUT2D eigenvalue weighted by molar-refractivity contribution is 0.438. The van der Waals surface area contributed by atoms with Gasteiger partial charge in [0.15, 0.2) is 0 Å². The van der Waals surface area contributed by atoms with Crippen LogP contribution in [-0.4, -0.2) is 52.4 Å². The maximum absolute atomic E-state index is 7.04. The van der Waals surface area contributed by atoms with E-state index in [2.05, 4.69) is 87.0 Å². The molecule has 0 radical (unpaired) electrons. The Morgan fingerprint density at radius 2 is 0.591 bits per heavy atom. The first-order valence-electron chi connectivity index (χ1n) is 8.18. The second-order valence-corrected chi connectivity index (χ2v) is 31.3. The number of hydrogen-bond acceptors (Lipinski definition) is 2. The molecule has 8 heteroatoms. The van der Waals surface area contributed by atoms with E-state index in [9.17, 15) is 0 Å². The Balaban J connectivity index is 5.78. The minimum atomic E-state index is -1.53. The molecule has 0 spiro atoms. The van der Waals surface area contributed by atoms with Gasteiger partial charge in [-0.2, -0.15) is 0 Å². The van der Waals surface area contributed by atoms with E-state index in [1.54, 1.807) is 0 Å². The van der Waals surface area contributed by atoms with Crippen molar-refractivity contribution >= 4 is 56.1 Å². The Bertz CT molecular complexity index is 303. The fraction of sp³-hybridized carbons (Fsp3) is 1.00. The van der Waals surface area contributed by atoms with Crippen molar-refractivity contribution in [1.29, 1.82) is 0 Å². The molecule has 0 aliphatic rings. The van der Waals surface area contributed by atoms with Crippen molar-refractivity contribution in [2.24, 2.45) is 0 Å². The Hall–Kier alpha value is 1.37. The summed E-state index contributed by atoms with van der Waals surface area (Å²) >= 11 is 14.1. The van der Waals surface area contributed by atoms with Gasteiger partial charge in [0, 0.05) is 0 Å². The van der Waals surface area contributed by atoms with Crippen molar-refractivity contribution in [3.05, 3.63) is 0 Å². The number of halogens is 2. The first-order chi connectivity index (χ1) is 9.31. The standard InChI is InChI=1S/C14H38Cl2N2Si4/c1-19(2,3)17(20(4,5)6)13(15)14(16)18(21(7,8)9)22(10,11)12/h13-14H,1-12H3. The zero-order chi connectivity index (χ0) is 18.3. The lowest BCUT2D eigenvalue weighted by Gasteiger charge is -2.53. The highest BCUT2D eigenvalue weighted by Crippen LogP contribution is 2.34. The molecule has 2 atom stereocenters. The molecule has 22 heavy (non-hydrogen) atoms. The van der Waals surface area contributed by atoms with E-state index in [4.69, 9.17) is 23.2 Å². The third-order valence-electron chi connectivity index (χ3n) is 3.61. The summed E-state index contributed by atoms with van der Waals surface area (Å²) in [6.07, 6.45) is 0. The Labute approximate surface area is 153 Å². The lowest BCUT2D eigenvalue weighted by atomic mass is 10.7. The van der Waals surface area contributed by atoms with Crippen molar-refractivity contribution in [3.8, 4) is 0 Å². The van der Waals surface area contributed by atoms with Gasteiger partial charge in [0.1, 0.15) is 43.9 Å². The number of rotatable bonds is 7. The predicted octanol–water partition coefficient (Wildman–Crippen LogP) is 6.06. The molecule has 134 valence electrons. The summed E-state index contributed by atoms with van der Waals surface area (Å²) in [6, 6.07) is 0. The fourth-order valence-electron chi connectivity index (χ4n) is 3.74. The molecule has 2 unspecified atom stereocenters. The van der Waals surface area contributed by atoms with E-state index in [0.29, 0.717) is 0 Å². The van der Waals surface area contributed by atoms with Gasteiger partial charge in [0.2, 0.25) is 0 Å². The molecule has 0 fully saturated rings. The molecular weight excluding hydrogens is 379 g/mol. The van der Waals surface area contributed by atoms with E-state index < -0.39 is 32.9 Å². The minimum Gasteiger partial charge on any atom is -0.328 e. The van der Waals surface area contributed by atoms with Gasteiger partial charge < -0.3 is 8.46 Å². The summed E-state index contributed by atoms with van der Waals surface area (Å²) in [5, 5.41) is 0. The van der Waals surface area contributed by atoms with Crippen LogP contribution in [-0.2, 0) is 0 Å². The Kier molecular flexibility index (Phi) is 7.77. The van der Waals surface area contributed by atoms with Gasteiger partial charge in [-0.1, -0.05) is 78.6 Å². The largest absolute Gasteiger partial charge is 0.328 e. The van der Waals surface area contributed by atoms with Crippen LogP contribution in [0.2, 0.25) is 78.6 Å². The monoisotopic (exact) mass is 416 g/mol. The highest BCUT2D eigenvalue weighted by atomic mass is 35.5. The Morgan fingerprint density at radius 1 is 0.455 bits per heavy atom. The van der Waals surface area contributed by atoms with Crippen molar-refractivity contribution in [3.63, 3.8) is 0 Å². The van der Waals surface area contributed by atoms with Crippen molar-refractivity contribution < 1.29 is 0 Å². The molecule has 0 aromatic rings. The van der Waals surface area contributed by atoms with Gasteiger partial charge in [0.25, 0.3) is 0 Å². The fourth-order valence-corrected chi connectivity index (χ4v) is 27.5. The Morgan fingerprint density at radius 3 is 0.682 bits per heavy atom. The molecule has 0 aliphatic heterocycles. The molecule has 0 aromatic carbocycles. The van der Waals surface area contributed by atoms with E-state index in [1.807, 2.05) is 0 Å². The molecule has 0 saturated carbocycles. The molecule has 2 nitrogen and oxygen atoms in total. The van der Waals surface area contributed by atoms with Crippen LogP contribution in [0, 0.1) is 0 Å². The summed E-state index contributed by atoms with van der Waals surface area (Å²) < 4.78 is 5.26. The van der Waals surface area contributed by atoms with Crippen LogP contribution >= 0.6 is 23.2 Å². The second kappa shape index (κ2) is 7.31. The van der Waals surface area contributed by atoms with Crippen LogP contribution in [0.3, 0.4) is 0 Å². The molecule has 0 aliphatic carbocycles. The molecule has 0 heterocycles. The highest BCUT2D eigenvalue weighted by Gasteiger charge is 2.47. The molecule has 0 amide bonds. The van der Waals surface area contributed by atoms with Crippen molar-refractivity contribution in [2.75, 3.05) is 0 Å². The first kappa shape index (κ1) is 23.4. The average molecular weight is 418 g/mol. The van der Waals surface area contributed by atoms with Crippen LogP contribution in [0.25, 0.3) is 0 Å². The van der Waals surface area contributed by atoms with Crippen LogP contribution in [0.15, 0.2) is 0 Å². The summed E-state index contributed by atoms with van der Waals surface area (Å²) in [7, 11) is -6.12. The summed E-state index contributed by atoms with van der Waals surface area (Å²) in [6.45, 7) is 28.6. The molecule has 0 aromatic heterocycles. The average Bonchev–Trinajstić information content (AvgIpc) is 2.06. The second-order valence-electron chi connectivity index (χ2n) is 10.2. The van der Waals surface area contributed by atoms with Gasteiger partial charge in [-0.05, 0) is 0 Å². The predicted molar refractivity (Wildman–Crippen MR) is 116 cm³/mol. The van der Waals surface area contributed by atoms with E-state index in [1.165, 1.54) is 0 Å². The smallest absolute Gasteiger partial charge is 0.113 e. The number of hydrogen-bond donors (Lipinski definition) is 0. The zero-order valence-corrected chi connectivity index (χ0v) is 22.3. The van der Waals surface area contributed by atoms with E-state index >= 15 is 0 Å². The third kappa shape index (κ3) is 6.35. The van der Waals surface area contributed by atoms with Crippen LogP contribution < -0.4 is 0 Å². The van der Waals surface area contributed by atoms with Gasteiger partial charge >= 0.3 is 0 Å². The zero-order valence-electron chi connectivity index (χ0n) is 16.8. The van der Waals surface area contributed by atoms with Crippen molar-refractivity contribution in [2.45, 2.75) is 89.6 Å². The lowest BCUT2D eigenvalue weighted by Crippen LogP contribution is -2.70. The molecule has 0 saturated heterocycles. The van der Waals surface area contributed by atoms with Crippen LogP contribution in [0.1, 0.15) is 0 Å². The summed E-state index contributed by atoms with van der Waals surface area (Å²) in [4.78, 5) is 0. The van der Waals surface area contributed by atoms with Crippen molar-refractivity contribution in [1.82, 2.24) is 8.46 Å². The normalized spacial score (nSPS) is 18.0. The van der Waals surface area contributed by atoms with Crippen LogP contribution in [0.5, 0.6) is 0 Å². The SMILES string of the molecule is C[Si](C)(C)N(C(Cl)C(Cl)N([Si](C)(C)C)[Si](C)(C)C)[Si](C)(C)C. The topological polar surface area (TPSA) is 6.48 Å². The number of nitrogens with zero attached hydrogens (tertiary/aromatic N) is 2. The number of alkyl halides is 2. The van der Waals surface area contributed by atoms with Gasteiger partial charge in [0.05, 0.1) is 0 Å². The maximum atomic E-state index is 7.04. The van der Waals surface area contributed by atoms with Crippen LogP contribution in [0.4, 0.5) is 0 Å². The van der Waals surface area contributed by atoms with Gasteiger partial charge in [-0.3, -0.25) is 0 Å².